The minimum absolute atomic E-state index is 0.704. The van der Waals surface area contributed by atoms with Gasteiger partial charge in [0, 0.05) is 25.3 Å². The largest absolute Gasteiger partial charge is 0.442 e. The number of hydrogen-bond acceptors (Lipinski definition) is 4. The van der Waals surface area contributed by atoms with E-state index < -0.39 is 0 Å². The Morgan fingerprint density at radius 3 is 2.96 bits per heavy atom. The number of aromatic nitrogens is 3. The van der Waals surface area contributed by atoms with Crippen LogP contribution in [-0.4, -0.2) is 28.9 Å². The van der Waals surface area contributed by atoms with Gasteiger partial charge in [-0.15, -0.1) is 0 Å². The first-order valence-corrected chi connectivity index (χ1v) is 7.69. The van der Waals surface area contributed by atoms with Crippen molar-refractivity contribution in [3.63, 3.8) is 0 Å². The molecule has 1 aliphatic carbocycles. The molecule has 116 valence electrons. The van der Waals surface area contributed by atoms with E-state index in [1.165, 1.54) is 12.1 Å². The van der Waals surface area contributed by atoms with Crippen LogP contribution in [0, 0.1) is 0 Å². The lowest BCUT2D eigenvalue weighted by Crippen LogP contribution is -2.10. The van der Waals surface area contributed by atoms with Gasteiger partial charge < -0.3 is 9.32 Å². The van der Waals surface area contributed by atoms with Crippen molar-refractivity contribution < 1.29 is 4.42 Å². The van der Waals surface area contributed by atoms with Crippen LogP contribution in [0.4, 0.5) is 5.69 Å². The molecule has 0 radical (unpaired) electrons. The quantitative estimate of drug-likeness (QED) is 0.742. The van der Waals surface area contributed by atoms with Gasteiger partial charge in [0.2, 0.25) is 0 Å². The van der Waals surface area contributed by atoms with Crippen molar-refractivity contribution in [3.05, 3.63) is 54.2 Å². The second-order valence-corrected chi connectivity index (χ2v) is 5.84. The van der Waals surface area contributed by atoms with E-state index >= 15 is 0 Å². The molecule has 0 atom stereocenters. The molecule has 0 bridgehead atoms. The van der Waals surface area contributed by atoms with Crippen LogP contribution >= 0.6 is 0 Å². The molecule has 5 heteroatoms. The number of benzene rings is 1. The summed E-state index contributed by atoms with van der Waals surface area (Å²) in [4.78, 5) is 6.11. The number of oxazole rings is 1. The van der Waals surface area contributed by atoms with Gasteiger partial charge in [-0.1, -0.05) is 18.2 Å². The minimum atomic E-state index is 0.704. The van der Waals surface area contributed by atoms with Gasteiger partial charge in [-0.05, 0) is 31.0 Å². The molecule has 0 unspecified atom stereocenters. The minimum Gasteiger partial charge on any atom is -0.442 e. The van der Waals surface area contributed by atoms with Crippen molar-refractivity contribution in [1.29, 1.82) is 0 Å². The fourth-order valence-corrected chi connectivity index (χ4v) is 2.93. The lowest BCUT2D eigenvalue weighted by Gasteiger charge is -2.15. The fourth-order valence-electron chi connectivity index (χ4n) is 2.93. The number of allylic oxidation sites excluding steroid dienone is 1. The standard InChI is InChI=1S/C18H18N4O/c1-21(2)13-6-5-7-14(10-13)22-16-9-4-3-8-15(16)18(20-22)17-11-19-12-23-17/h3,5-8,10-12H,4,9H2,1-2H3. The van der Waals surface area contributed by atoms with Crippen LogP contribution in [-0.2, 0) is 6.42 Å². The highest BCUT2D eigenvalue weighted by Crippen LogP contribution is 2.32. The number of fused-ring (bicyclic) bond motifs is 1. The lowest BCUT2D eigenvalue weighted by atomic mass is 10.0. The molecule has 0 fully saturated rings. The van der Waals surface area contributed by atoms with Gasteiger partial charge in [0.05, 0.1) is 17.6 Å². The van der Waals surface area contributed by atoms with Crippen molar-refractivity contribution in [1.82, 2.24) is 14.8 Å². The molecule has 0 N–H and O–H groups in total. The smallest absolute Gasteiger partial charge is 0.181 e. The van der Waals surface area contributed by atoms with Crippen LogP contribution in [0.1, 0.15) is 17.7 Å². The van der Waals surface area contributed by atoms with Gasteiger partial charge in [-0.25, -0.2) is 9.67 Å². The van der Waals surface area contributed by atoms with Crippen molar-refractivity contribution in [2.75, 3.05) is 19.0 Å². The predicted molar refractivity (Wildman–Crippen MR) is 90.7 cm³/mol. The summed E-state index contributed by atoms with van der Waals surface area (Å²) in [6, 6.07) is 8.39. The monoisotopic (exact) mass is 306 g/mol. The molecule has 3 aromatic rings. The van der Waals surface area contributed by atoms with Crippen molar-refractivity contribution in [2.24, 2.45) is 0 Å². The molecule has 0 saturated heterocycles. The normalized spacial score (nSPS) is 13.1. The van der Waals surface area contributed by atoms with Crippen LogP contribution < -0.4 is 4.90 Å². The Labute approximate surface area is 134 Å². The Kier molecular flexibility index (Phi) is 3.26. The Bertz CT molecular complexity index is 859. The molecule has 5 nitrogen and oxygen atoms in total. The maximum Gasteiger partial charge on any atom is 0.181 e. The summed E-state index contributed by atoms with van der Waals surface area (Å²) in [6.45, 7) is 0. The number of nitrogens with zero attached hydrogens (tertiary/aromatic N) is 4. The topological polar surface area (TPSA) is 47.1 Å². The summed E-state index contributed by atoms with van der Waals surface area (Å²) in [7, 11) is 4.08. The van der Waals surface area contributed by atoms with Gasteiger partial charge in [0.25, 0.3) is 0 Å². The summed E-state index contributed by atoms with van der Waals surface area (Å²) in [5, 5.41) is 4.82. The zero-order valence-electron chi connectivity index (χ0n) is 13.2. The first-order valence-electron chi connectivity index (χ1n) is 7.69. The average molecular weight is 306 g/mol. The van der Waals surface area contributed by atoms with Crippen molar-refractivity contribution in [2.45, 2.75) is 12.8 Å². The zero-order chi connectivity index (χ0) is 15.8. The van der Waals surface area contributed by atoms with Crippen LogP contribution in [0.15, 0.2) is 47.3 Å². The number of rotatable bonds is 3. The number of hydrogen-bond donors (Lipinski definition) is 0. The van der Waals surface area contributed by atoms with E-state index in [1.54, 1.807) is 6.20 Å². The first kappa shape index (κ1) is 13.8. The van der Waals surface area contributed by atoms with Crippen molar-refractivity contribution in [3.8, 4) is 17.1 Å². The average Bonchev–Trinajstić information content (AvgIpc) is 3.22. The highest BCUT2D eigenvalue weighted by atomic mass is 16.3. The van der Waals surface area contributed by atoms with E-state index in [-0.39, 0.29) is 0 Å². The Morgan fingerprint density at radius 2 is 2.17 bits per heavy atom. The SMILES string of the molecule is CN(C)c1cccc(-n2nc(-c3cnco3)c3c2CCC=C3)c1. The maximum absolute atomic E-state index is 5.47. The van der Waals surface area contributed by atoms with Gasteiger partial charge in [-0.2, -0.15) is 5.10 Å². The summed E-state index contributed by atoms with van der Waals surface area (Å²) in [6.07, 6.45) is 9.48. The molecule has 2 aromatic heterocycles. The van der Waals surface area contributed by atoms with E-state index in [9.17, 15) is 0 Å². The number of anilines is 1. The van der Waals surface area contributed by atoms with Gasteiger partial charge in [-0.3, -0.25) is 0 Å². The molecule has 0 saturated carbocycles. The molecule has 0 spiro atoms. The van der Waals surface area contributed by atoms with Gasteiger partial charge >= 0.3 is 0 Å². The third kappa shape index (κ3) is 2.34. The molecular formula is C18H18N4O. The molecule has 1 aliphatic rings. The van der Waals surface area contributed by atoms with Gasteiger partial charge in [0.1, 0.15) is 5.69 Å². The molecule has 23 heavy (non-hydrogen) atoms. The highest BCUT2D eigenvalue weighted by Gasteiger charge is 2.21. The van der Waals surface area contributed by atoms with Gasteiger partial charge in [0.15, 0.2) is 12.2 Å². The molecule has 4 rings (SSSR count). The van der Waals surface area contributed by atoms with E-state index in [4.69, 9.17) is 9.52 Å². The molecule has 0 amide bonds. The summed E-state index contributed by atoms with van der Waals surface area (Å²) in [5.41, 5.74) is 5.41. The summed E-state index contributed by atoms with van der Waals surface area (Å²) < 4.78 is 7.50. The molecular weight excluding hydrogens is 288 g/mol. The maximum atomic E-state index is 5.47. The van der Waals surface area contributed by atoms with Crippen LogP contribution in [0.2, 0.25) is 0 Å². The third-order valence-corrected chi connectivity index (χ3v) is 4.11. The lowest BCUT2D eigenvalue weighted by molar-refractivity contribution is 0.569. The highest BCUT2D eigenvalue weighted by molar-refractivity contribution is 5.72. The predicted octanol–water partition coefficient (Wildman–Crippen LogP) is 3.55. The Hall–Kier alpha value is -2.82. The summed E-state index contributed by atoms with van der Waals surface area (Å²) in [5.74, 6) is 0.704. The van der Waals surface area contributed by atoms with E-state index in [0.717, 1.165) is 35.5 Å². The Balaban J connectivity index is 1.90. The van der Waals surface area contributed by atoms with Crippen LogP contribution in [0.3, 0.4) is 0 Å². The third-order valence-electron chi connectivity index (χ3n) is 4.11. The molecule has 0 aliphatic heterocycles. The summed E-state index contributed by atoms with van der Waals surface area (Å²) >= 11 is 0. The second kappa shape index (κ2) is 5.43. The first-order chi connectivity index (χ1) is 11.2. The van der Waals surface area contributed by atoms with E-state index in [1.807, 2.05) is 18.8 Å². The Morgan fingerprint density at radius 1 is 1.26 bits per heavy atom. The molecule has 2 heterocycles. The fraction of sp³-hybridized carbons (Fsp3) is 0.222. The second-order valence-electron chi connectivity index (χ2n) is 5.84. The van der Waals surface area contributed by atoms with E-state index in [2.05, 4.69) is 46.3 Å². The zero-order valence-corrected chi connectivity index (χ0v) is 13.2. The van der Waals surface area contributed by atoms with E-state index in [0.29, 0.717) is 5.76 Å². The van der Waals surface area contributed by atoms with Crippen molar-refractivity contribution >= 4 is 11.8 Å². The van der Waals surface area contributed by atoms with Crippen LogP contribution in [0.5, 0.6) is 0 Å². The van der Waals surface area contributed by atoms with Crippen LogP contribution in [0.25, 0.3) is 23.2 Å². The molecule has 1 aromatic carbocycles.